The van der Waals surface area contributed by atoms with Gasteiger partial charge in [0.2, 0.25) is 10.0 Å². The van der Waals surface area contributed by atoms with Crippen molar-refractivity contribution in [2.75, 3.05) is 31.7 Å². The summed E-state index contributed by atoms with van der Waals surface area (Å²) in [4.78, 5) is 0. The SMILES string of the molecule is COc1ccc(C(Cc2ccccc2)NC[C@@H](O)Cc2ccc(O)c(NS(C)(=O)=O)c2)c(Cl)c1OC. The summed E-state index contributed by atoms with van der Waals surface area (Å²) < 4.78 is 36.2. The first kappa shape index (κ1) is 27.6. The van der Waals surface area contributed by atoms with Gasteiger partial charge in [-0.2, -0.15) is 0 Å². The molecule has 0 aliphatic carbocycles. The molecule has 0 bridgehead atoms. The molecule has 8 nitrogen and oxygen atoms in total. The van der Waals surface area contributed by atoms with Crippen LogP contribution < -0.4 is 19.5 Å². The Bertz CT molecular complexity index is 1270. The Balaban J connectivity index is 1.79. The van der Waals surface area contributed by atoms with E-state index >= 15 is 0 Å². The molecule has 3 aromatic rings. The van der Waals surface area contributed by atoms with Crippen LogP contribution in [0.15, 0.2) is 60.7 Å². The summed E-state index contributed by atoms with van der Waals surface area (Å²) in [5.41, 5.74) is 2.62. The van der Waals surface area contributed by atoms with E-state index < -0.39 is 16.1 Å². The molecule has 3 rings (SSSR count). The summed E-state index contributed by atoms with van der Waals surface area (Å²) in [7, 11) is -0.483. The van der Waals surface area contributed by atoms with Crippen molar-refractivity contribution >= 4 is 27.3 Å². The van der Waals surface area contributed by atoms with Gasteiger partial charge in [0.05, 0.1) is 37.3 Å². The molecular formula is C26H31ClN2O6S. The van der Waals surface area contributed by atoms with Crippen LogP contribution >= 0.6 is 11.6 Å². The van der Waals surface area contributed by atoms with E-state index in [2.05, 4.69) is 10.0 Å². The smallest absolute Gasteiger partial charge is 0.229 e. The molecule has 0 saturated carbocycles. The molecule has 194 valence electrons. The fourth-order valence-corrected chi connectivity index (χ4v) is 4.86. The first-order valence-electron chi connectivity index (χ1n) is 11.3. The van der Waals surface area contributed by atoms with Crippen LogP contribution in [0.1, 0.15) is 22.7 Å². The van der Waals surface area contributed by atoms with E-state index in [1.165, 1.54) is 19.2 Å². The van der Waals surface area contributed by atoms with Gasteiger partial charge >= 0.3 is 0 Å². The van der Waals surface area contributed by atoms with Gasteiger partial charge in [-0.3, -0.25) is 4.72 Å². The molecule has 0 aromatic heterocycles. The number of nitrogens with one attached hydrogen (secondary N) is 2. The Morgan fingerprint density at radius 3 is 2.33 bits per heavy atom. The van der Waals surface area contributed by atoms with Gasteiger partial charge in [0.15, 0.2) is 11.5 Å². The molecule has 0 radical (unpaired) electrons. The molecule has 1 unspecified atom stereocenters. The van der Waals surface area contributed by atoms with E-state index in [4.69, 9.17) is 21.1 Å². The first-order chi connectivity index (χ1) is 17.1. The van der Waals surface area contributed by atoms with Gasteiger partial charge < -0.3 is 25.0 Å². The third kappa shape index (κ3) is 7.51. The minimum Gasteiger partial charge on any atom is -0.506 e. The largest absolute Gasteiger partial charge is 0.506 e. The molecular weight excluding hydrogens is 504 g/mol. The van der Waals surface area contributed by atoms with E-state index in [0.29, 0.717) is 28.5 Å². The predicted octanol–water partition coefficient (Wildman–Crippen LogP) is 3.91. The van der Waals surface area contributed by atoms with Gasteiger partial charge in [-0.25, -0.2) is 8.42 Å². The maximum Gasteiger partial charge on any atom is 0.229 e. The summed E-state index contributed by atoms with van der Waals surface area (Å²) in [6, 6.07) is 17.9. The molecule has 0 aliphatic rings. The van der Waals surface area contributed by atoms with E-state index in [-0.39, 0.29) is 30.4 Å². The van der Waals surface area contributed by atoms with E-state index in [1.807, 2.05) is 36.4 Å². The van der Waals surface area contributed by atoms with Gasteiger partial charge in [-0.05, 0) is 47.7 Å². The highest BCUT2D eigenvalue weighted by atomic mass is 35.5. The molecule has 2 atom stereocenters. The molecule has 36 heavy (non-hydrogen) atoms. The molecule has 0 fully saturated rings. The molecule has 0 aliphatic heterocycles. The van der Waals surface area contributed by atoms with Crippen LogP contribution in [0.25, 0.3) is 0 Å². The fourth-order valence-electron chi connectivity index (χ4n) is 3.93. The van der Waals surface area contributed by atoms with Gasteiger partial charge in [0.25, 0.3) is 0 Å². The zero-order valence-corrected chi connectivity index (χ0v) is 21.9. The minimum atomic E-state index is -3.56. The van der Waals surface area contributed by atoms with Crippen LogP contribution in [0.3, 0.4) is 0 Å². The topological polar surface area (TPSA) is 117 Å². The minimum absolute atomic E-state index is 0.0641. The summed E-state index contributed by atoms with van der Waals surface area (Å²) in [5.74, 6) is 0.769. The van der Waals surface area contributed by atoms with E-state index in [9.17, 15) is 18.6 Å². The van der Waals surface area contributed by atoms with Crippen molar-refractivity contribution in [3.8, 4) is 17.2 Å². The molecule has 0 spiro atoms. The number of methoxy groups -OCH3 is 2. The molecule has 10 heteroatoms. The van der Waals surface area contributed by atoms with Crippen LogP contribution in [0.4, 0.5) is 5.69 Å². The quantitative estimate of drug-likeness (QED) is 0.260. The number of phenolic OH excluding ortho intramolecular Hbond substituents is 1. The highest BCUT2D eigenvalue weighted by Gasteiger charge is 2.22. The van der Waals surface area contributed by atoms with Crippen LogP contribution in [-0.4, -0.2) is 51.8 Å². The van der Waals surface area contributed by atoms with Crippen LogP contribution in [0, 0.1) is 0 Å². The lowest BCUT2D eigenvalue weighted by molar-refractivity contribution is 0.167. The molecule has 0 heterocycles. The van der Waals surface area contributed by atoms with Crippen molar-refractivity contribution in [1.29, 1.82) is 0 Å². The van der Waals surface area contributed by atoms with Crippen LogP contribution in [0.5, 0.6) is 17.2 Å². The number of aliphatic hydroxyl groups is 1. The molecule has 0 saturated heterocycles. The Morgan fingerprint density at radius 1 is 0.972 bits per heavy atom. The van der Waals surface area contributed by atoms with E-state index in [1.54, 1.807) is 19.2 Å². The summed E-state index contributed by atoms with van der Waals surface area (Å²) in [5, 5.41) is 24.5. The van der Waals surface area contributed by atoms with Gasteiger partial charge in [-0.1, -0.05) is 54.1 Å². The second-order valence-corrected chi connectivity index (χ2v) is 10.6. The Hall–Kier alpha value is -2.98. The van der Waals surface area contributed by atoms with Crippen molar-refractivity contribution in [3.05, 3.63) is 82.4 Å². The summed E-state index contributed by atoms with van der Waals surface area (Å²) in [6.45, 7) is 0.234. The second kappa shape index (κ2) is 12.3. The number of benzene rings is 3. The molecule has 4 N–H and O–H groups in total. The Morgan fingerprint density at radius 2 is 1.69 bits per heavy atom. The molecule has 0 amide bonds. The van der Waals surface area contributed by atoms with Crippen molar-refractivity contribution in [2.45, 2.75) is 25.0 Å². The number of aromatic hydroxyl groups is 1. The lowest BCUT2D eigenvalue weighted by Gasteiger charge is -2.24. The Kier molecular flexibility index (Phi) is 9.44. The number of rotatable bonds is 12. The number of phenols is 1. The predicted molar refractivity (Wildman–Crippen MR) is 142 cm³/mol. The highest BCUT2D eigenvalue weighted by Crippen LogP contribution is 2.40. The van der Waals surface area contributed by atoms with Crippen molar-refractivity contribution in [1.82, 2.24) is 5.32 Å². The highest BCUT2D eigenvalue weighted by molar-refractivity contribution is 7.92. The first-order valence-corrected chi connectivity index (χ1v) is 13.5. The zero-order chi connectivity index (χ0) is 26.3. The summed E-state index contributed by atoms with van der Waals surface area (Å²) in [6.07, 6.45) is 1.07. The second-order valence-electron chi connectivity index (χ2n) is 8.44. The number of halogens is 1. The number of ether oxygens (including phenoxy) is 2. The third-order valence-corrected chi connectivity index (χ3v) is 6.58. The van der Waals surface area contributed by atoms with Crippen molar-refractivity contribution in [2.24, 2.45) is 0 Å². The van der Waals surface area contributed by atoms with Gasteiger partial charge in [-0.15, -0.1) is 0 Å². The van der Waals surface area contributed by atoms with Gasteiger partial charge in [0.1, 0.15) is 5.75 Å². The number of sulfonamides is 1. The number of anilines is 1. The third-order valence-electron chi connectivity index (χ3n) is 5.60. The number of aliphatic hydroxyl groups excluding tert-OH is 1. The lowest BCUT2D eigenvalue weighted by Crippen LogP contribution is -2.33. The maximum atomic E-state index is 11.6. The number of hydrogen-bond donors (Lipinski definition) is 4. The normalized spacial score (nSPS) is 13.1. The zero-order valence-electron chi connectivity index (χ0n) is 20.4. The molecule has 3 aromatic carbocycles. The van der Waals surface area contributed by atoms with E-state index in [0.717, 1.165) is 17.4 Å². The summed E-state index contributed by atoms with van der Waals surface area (Å²) >= 11 is 6.70. The van der Waals surface area contributed by atoms with Gasteiger partial charge in [0, 0.05) is 12.6 Å². The van der Waals surface area contributed by atoms with Crippen LogP contribution in [0.2, 0.25) is 5.02 Å². The Labute approximate surface area is 216 Å². The monoisotopic (exact) mass is 534 g/mol. The number of hydrogen-bond acceptors (Lipinski definition) is 7. The van der Waals surface area contributed by atoms with Crippen LogP contribution in [-0.2, 0) is 22.9 Å². The fraction of sp³-hybridized carbons (Fsp3) is 0.308. The van der Waals surface area contributed by atoms with Crippen molar-refractivity contribution < 1.29 is 28.1 Å². The average molecular weight is 535 g/mol. The average Bonchev–Trinajstić information content (AvgIpc) is 2.83. The lowest BCUT2D eigenvalue weighted by atomic mass is 9.97. The maximum absolute atomic E-state index is 11.6. The standard InChI is InChI=1S/C26H31ClN2O6S/c1-34-24-12-10-20(25(27)26(24)35-2)21(14-17-7-5-4-6-8-17)28-16-19(30)13-18-9-11-23(31)22(15-18)29-36(3,32)33/h4-12,15,19,21,28-31H,13-14,16H2,1-3H3/t19-,21?/m0/s1. The van der Waals surface area contributed by atoms with Crippen molar-refractivity contribution in [3.63, 3.8) is 0 Å².